The Morgan fingerprint density at radius 3 is 2.71 bits per heavy atom. The topological polar surface area (TPSA) is 20.2 Å². The van der Waals surface area contributed by atoms with Crippen molar-refractivity contribution in [3.05, 3.63) is 33.5 Å². The summed E-state index contributed by atoms with van der Waals surface area (Å²) >= 11 is 3.21. The third-order valence-corrected chi connectivity index (χ3v) is 3.48. The molecule has 3 heteroatoms. The van der Waals surface area contributed by atoms with Crippen LogP contribution < -0.4 is 0 Å². The molecule has 0 unspecified atom stereocenters. The van der Waals surface area contributed by atoms with E-state index in [9.17, 15) is 9.50 Å². The predicted octanol–water partition coefficient (Wildman–Crippen LogP) is 2.96. The molecule has 14 heavy (non-hydrogen) atoms. The standard InChI is InChI=1S/C11H12BrFO/c1-7-4-8(6-11(14)2-3-11)10(12)9(13)5-7/h4-5,14H,2-3,6H2,1H3. The predicted molar refractivity (Wildman–Crippen MR) is 56.7 cm³/mol. The van der Waals surface area contributed by atoms with Crippen LogP contribution in [0.4, 0.5) is 4.39 Å². The van der Waals surface area contributed by atoms with E-state index in [0.717, 1.165) is 24.0 Å². The molecule has 1 aliphatic carbocycles. The van der Waals surface area contributed by atoms with Crippen molar-refractivity contribution in [2.45, 2.75) is 31.8 Å². The van der Waals surface area contributed by atoms with Crippen molar-refractivity contribution in [3.8, 4) is 0 Å². The largest absolute Gasteiger partial charge is 0.390 e. The summed E-state index contributed by atoms with van der Waals surface area (Å²) in [7, 11) is 0. The molecule has 0 spiro atoms. The van der Waals surface area contributed by atoms with Crippen LogP contribution in [0.15, 0.2) is 16.6 Å². The van der Waals surface area contributed by atoms with E-state index < -0.39 is 5.60 Å². The van der Waals surface area contributed by atoms with Gasteiger partial charge in [-0.1, -0.05) is 6.07 Å². The highest BCUT2D eigenvalue weighted by atomic mass is 79.9. The summed E-state index contributed by atoms with van der Waals surface area (Å²) in [4.78, 5) is 0. The van der Waals surface area contributed by atoms with Crippen LogP contribution in [0.3, 0.4) is 0 Å². The molecule has 0 atom stereocenters. The maximum atomic E-state index is 13.3. The Labute approximate surface area is 91.1 Å². The number of benzene rings is 1. The summed E-state index contributed by atoms with van der Waals surface area (Å²) in [5.74, 6) is -0.246. The molecule has 0 bridgehead atoms. The van der Waals surface area contributed by atoms with E-state index in [0.29, 0.717) is 10.9 Å². The minimum atomic E-state index is -0.567. The highest BCUT2D eigenvalue weighted by molar-refractivity contribution is 9.10. The summed E-state index contributed by atoms with van der Waals surface area (Å²) in [6, 6.07) is 3.41. The molecular weight excluding hydrogens is 247 g/mol. The first-order valence-corrected chi connectivity index (χ1v) is 5.46. The van der Waals surface area contributed by atoms with Gasteiger partial charge in [-0.15, -0.1) is 0 Å². The fraction of sp³-hybridized carbons (Fsp3) is 0.455. The molecule has 1 aromatic carbocycles. The zero-order valence-electron chi connectivity index (χ0n) is 7.98. The first-order chi connectivity index (χ1) is 6.50. The lowest BCUT2D eigenvalue weighted by atomic mass is 10.0. The van der Waals surface area contributed by atoms with Gasteiger partial charge in [-0.05, 0) is 52.9 Å². The molecule has 76 valence electrons. The zero-order chi connectivity index (χ0) is 10.3. The summed E-state index contributed by atoms with van der Waals surface area (Å²) in [5, 5.41) is 9.75. The summed E-state index contributed by atoms with van der Waals surface area (Å²) in [6.45, 7) is 1.86. The van der Waals surface area contributed by atoms with Gasteiger partial charge in [-0.3, -0.25) is 0 Å². The maximum absolute atomic E-state index is 13.3. The second-order valence-electron chi connectivity index (χ2n) is 4.12. The Bertz CT molecular complexity index is 372. The fourth-order valence-electron chi connectivity index (χ4n) is 1.60. The van der Waals surface area contributed by atoms with Gasteiger partial charge >= 0.3 is 0 Å². The molecule has 2 rings (SSSR count). The molecule has 0 aromatic heterocycles. The van der Waals surface area contributed by atoms with Gasteiger partial charge in [-0.2, -0.15) is 0 Å². The molecule has 0 saturated heterocycles. The molecule has 0 aliphatic heterocycles. The van der Waals surface area contributed by atoms with Crippen molar-refractivity contribution in [2.24, 2.45) is 0 Å². The van der Waals surface area contributed by atoms with Gasteiger partial charge < -0.3 is 5.11 Å². The van der Waals surface area contributed by atoms with E-state index in [1.165, 1.54) is 6.07 Å². The average molecular weight is 259 g/mol. The van der Waals surface area contributed by atoms with Gasteiger partial charge in [0.05, 0.1) is 10.1 Å². The first-order valence-electron chi connectivity index (χ1n) is 4.67. The van der Waals surface area contributed by atoms with Crippen molar-refractivity contribution < 1.29 is 9.50 Å². The average Bonchev–Trinajstić information content (AvgIpc) is 2.79. The second-order valence-corrected chi connectivity index (χ2v) is 4.91. The number of halogens is 2. The minimum absolute atomic E-state index is 0.246. The lowest BCUT2D eigenvalue weighted by Crippen LogP contribution is -2.11. The van der Waals surface area contributed by atoms with Gasteiger partial charge in [0, 0.05) is 6.42 Å². The van der Waals surface area contributed by atoms with Gasteiger partial charge in [-0.25, -0.2) is 4.39 Å². The van der Waals surface area contributed by atoms with Crippen LogP contribution in [0.2, 0.25) is 0 Å². The van der Waals surface area contributed by atoms with Crippen LogP contribution in [0, 0.1) is 12.7 Å². The van der Waals surface area contributed by atoms with Crippen LogP contribution in [0.25, 0.3) is 0 Å². The molecule has 0 amide bonds. The van der Waals surface area contributed by atoms with Crippen molar-refractivity contribution >= 4 is 15.9 Å². The molecule has 1 N–H and O–H groups in total. The van der Waals surface area contributed by atoms with Crippen molar-refractivity contribution in [2.75, 3.05) is 0 Å². The first kappa shape index (κ1) is 10.1. The number of aryl methyl sites for hydroxylation is 1. The molecular formula is C11H12BrFO. The van der Waals surface area contributed by atoms with E-state index in [-0.39, 0.29) is 5.82 Å². The summed E-state index contributed by atoms with van der Waals surface area (Å²) in [5.41, 5.74) is 1.19. The quantitative estimate of drug-likeness (QED) is 0.865. The van der Waals surface area contributed by atoms with Crippen molar-refractivity contribution in [3.63, 3.8) is 0 Å². The van der Waals surface area contributed by atoms with E-state index >= 15 is 0 Å². The Morgan fingerprint density at radius 1 is 1.50 bits per heavy atom. The van der Waals surface area contributed by atoms with Crippen LogP contribution in [0.1, 0.15) is 24.0 Å². The zero-order valence-corrected chi connectivity index (χ0v) is 9.57. The molecule has 0 heterocycles. The van der Waals surface area contributed by atoms with Crippen molar-refractivity contribution in [1.29, 1.82) is 0 Å². The van der Waals surface area contributed by atoms with Crippen LogP contribution in [0.5, 0.6) is 0 Å². The highest BCUT2D eigenvalue weighted by Gasteiger charge is 2.40. The number of hydrogen-bond donors (Lipinski definition) is 1. The lowest BCUT2D eigenvalue weighted by molar-refractivity contribution is 0.150. The van der Waals surface area contributed by atoms with Gasteiger partial charge in [0.15, 0.2) is 0 Å². The number of hydrogen-bond acceptors (Lipinski definition) is 1. The Kier molecular flexibility index (Phi) is 2.40. The molecule has 1 nitrogen and oxygen atoms in total. The highest BCUT2D eigenvalue weighted by Crippen LogP contribution is 2.40. The van der Waals surface area contributed by atoms with Crippen molar-refractivity contribution in [1.82, 2.24) is 0 Å². The van der Waals surface area contributed by atoms with Gasteiger partial charge in [0.1, 0.15) is 5.82 Å². The Balaban J connectivity index is 2.32. The van der Waals surface area contributed by atoms with Crippen LogP contribution in [-0.4, -0.2) is 10.7 Å². The summed E-state index contributed by atoms with van der Waals surface area (Å²) in [6.07, 6.45) is 2.20. The third-order valence-electron chi connectivity index (χ3n) is 2.59. The Hall–Kier alpha value is -0.410. The third kappa shape index (κ3) is 1.98. The van der Waals surface area contributed by atoms with Gasteiger partial charge in [0.25, 0.3) is 0 Å². The van der Waals surface area contributed by atoms with Gasteiger partial charge in [0.2, 0.25) is 0 Å². The lowest BCUT2D eigenvalue weighted by Gasteiger charge is -2.11. The monoisotopic (exact) mass is 258 g/mol. The maximum Gasteiger partial charge on any atom is 0.137 e. The normalized spacial score (nSPS) is 18.3. The molecule has 1 fully saturated rings. The molecule has 0 radical (unpaired) electrons. The van der Waals surface area contributed by atoms with Crippen LogP contribution >= 0.6 is 15.9 Å². The molecule has 1 aromatic rings. The fourth-order valence-corrected chi connectivity index (χ4v) is 1.97. The number of rotatable bonds is 2. The van der Waals surface area contributed by atoms with E-state index in [4.69, 9.17) is 0 Å². The smallest absolute Gasteiger partial charge is 0.137 e. The minimum Gasteiger partial charge on any atom is -0.390 e. The summed E-state index contributed by atoms with van der Waals surface area (Å²) < 4.78 is 13.8. The van der Waals surface area contributed by atoms with Crippen LogP contribution in [-0.2, 0) is 6.42 Å². The second kappa shape index (κ2) is 3.31. The van der Waals surface area contributed by atoms with E-state index in [1.807, 2.05) is 13.0 Å². The van der Waals surface area contributed by atoms with E-state index in [2.05, 4.69) is 15.9 Å². The number of aliphatic hydroxyl groups is 1. The molecule has 1 aliphatic rings. The van der Waals surface area contributed by atoms with E-state index in [1.54, 1.807) is 0 Å². The Morgan fingerprint density at radius 2 is 2.14 bits per heavy atom. The SMILES string of the molecule is Cc1cc(F)c(Br)c(CC2(O)CC2)c1. The molecule has 1 saturated carbocycles.